The van der Waals surface area contributed by atoms with Gasteiger partial charge in [0.15, 0.2) is 0 Å². The Bertz CT molecular complexity index is 942. The fourth-order valence-corrected chi connectivity index (χ4v) is 3.44. The molecule has 9 nitrogen and oxygen atoms in total. The Labute approximate surface area is 186 Å². The van der Waals surface area contributed by atoms with E-state index in [-0.39, 0.29) is 25.2 Å². The molecule has 0 radical (unpaired) electrons. The number of hydrogen-bond donors (Lipinski definition) is 1. The van der Waals surface area contributed by atoms with Crippen LogP contribution in [0.1, 0.15) is 19.4 Å². The van der Waals surface area contributed by atoms with Crippen molar-refractivity contribution in [2.24, 2.45) is 0 Å². The number of rotatable bonds is 6. The molecule has 1 atom stereocenters. The number of piperazine rings is 1. The average Bonchev–Trinajstić information content (AvgIpc) is 2.75. The van der Waals surface area contributed by atoms with Crippen LogP contribution in [0.5, 0.6) is 11.6 Å². The molecular weight excluding hydrogens is 422 g/mol. The first-order valence-corrected chi connectivity index (χ1v) is 10.5. The summed E-state index contributed by atoms with van der Waals surface area (Å²) >= 11 is 6.21. The van der Waals surface area contributed by atoms with E-state index in [1.54, 1.807) is 24.0 Å². The van der Waals surface area contributed by atoms with Crippen LogP contribution in [-0.4, -0.2) is 65.7 Å². The van der Waals surface area contributed by atoms with Crippen molar-refractivity contribution in [2.45, 2.75) is 26.8 Å². The summed E-state index contributed by atoms with van der Waals surface area (Å²) in [6.07, 6.45) is 1.44. The van der Waals surface area contributed by atoms with Gasteiger partial charge in [0, 0.05) is 31.7 Å². The van der Waals surface area contributed by atoms with Crippen LogP contribution in [0.2, 0.25) is 5.02 Å². The number of esters is 1. The maximum Gasteiger partial charge on any atom is 0.325 e. The van der Waals surface area contributed by atoms with E-state index in [2.05, 4.69) is 20.2 Å². The Balaban J connectivity index is 1.61. The van der Waals surface area contributed by atoms with Crippen molar-refractivity contribution < 1.29 is 19.1 Å². The molecule has 166 valence electrons. The van der Waals surface area contributed by atoms with Crippen LogP contribution in [0.4, 0.5) is 10.6 Å². The molecule has 1 aromatic carbocycles. The number of halogens is 1. The summed E-state index contributed by atoms with van der Waals surface area (Å²) in [5, 5.41) is 3.11. The Morgan fingerprint density at radius 2 is 2.06 bits per heavy atom. The van der Waals surface area contributed by atoms with Crippen molar-refractivity contribution in [3.8, 4) is 11.6 Å². The molecule has 1 saturated heterocycles. The number of carbonyl (C=O) groups excluding carboxylic acids is 2. The minimum absolute atomic E-state index is 0.0819. The molecule has 1 aromatic heterocycles. The molecule has 1 fully saturated rings. The lowest BCUT2D eigenvalue weighted by Gasteiger charge is -2.40. The summed E-state index contributed by atoms with van der Waals surface area (Å²) in [5.74, 6) is 1.17. The molecule has 2 heterocycles. The molecule has 1 aliphatic rings. The fraction of sp³-hybridized carbons (Fsp3) is 0.429. The first-order chi connectivity index (χ1) is 14.9. The zero-order chi connectivity index (χ0) is 22.4. The molecule has 3 rings (SSSR count). The van der Waals surface area contributed by atoms with Crippen LogP contribution in [0.25, 0.3) is 0 Å². The normalized spacial score (nSPS) is 16.1. The van der Waals surface area contributed by atoms with E-state index in [1.165, 1.54) is 6.33 Å². The molecule has 2 amide bonds. The molecular formula is C21H26ClN5O4. The molecule has 1 aliphatic heterocycles. The molecule has 31 heavy (non-hydrogen) atoms. The lowest BCUT2D eigenvalue weighted by atomic mass is 10.2. The maximum atomic E-state index is 12.4. The van der Waals surface area contributed by atoms with E-state index in [0.29, 0.717) is 42.1 Å². The van der Waals surface area contributed by atoms with Crippen molar-refractivity contribution in [1.29, 1.82) is 0 Å². The van der Waals surface area contributed by atoms with Gasteiger partial charge in [0.05, 0.1) is 11.6 Å². The van der Waals surface area contributed by atoms with Crippen LogP contribution in [0.3, 0.4) is 0 Å². The summed E-state index contributed by atoms with van der Waals surface area (Å²) in [4.78, 5) is 36.1. The molecule has 0 saturated carbocycles. The van der Waals surface area contributed by atoms with Crippen LogP contribution < -0.4 is 15.0 Å². The topological polar surface area (TPSA) is 96.9 Å². The van der Waals surface area contributed by atoms with Gasteiger partial charge in [-0.1, -0.05) is 17.7 Å². The number of urea groups is 1. The summed E-state index contributed by atoms with van der Waals surface area (Å²) in [5.41, 5.74) is 1.03. The Morgan fingerprint density at radius 1 is 1.26 bits per heavy atom. The van der Waals surface area contributed by atoms with Gasteiger partial charge in [-0.2, -0.15) is 0 Å². The number of ether oxygens (including phenoxy) is 2. The van der Waals surface area contributed by atoms with Gasteiger partial charge in [-0.25, -0.2) is 14.8 Å². The minimum atomic E-state index is -0.454. The monoisotopic (exact) mass is 447 g/mol. The smallest absolute Gasteiger partial charge is 0.325 e. The summed E-state index contributed by atoms with van der Waals surface area (Å²) in [6, 6.07) is 6.91. The van der Waals surface area contributed by atoms with Crippen molar-refractivity contribution in [2.75, 3.05) is 37.7 Å². The maximum absolute atomic E-state index is 12.4. The van der Waals surface area contributed by atoms with Gasteiger partial charge in [-0.15, -0.1) is 0 Å². The van der Waals surface area contributed by atoms with Crippen molar-refractivity contribution >= 4 is 29.4 Å². The zero-order valence-electron chi connectivity index (χ0n) is 17.8. The third kappa shape index (κ3) is 5.97. The first kappa shape index (κ1) is 22.6. The van der Waals surface area contributed by atoms with Crippen LogP contribution in [0.15, 0.2) is 30.6 Å². The highest BCUT2D eigenvalue weighted by atomic mass is 35.5. The molecule has 2 aromatic rings. The van der Waals surface area contributed by atoms with Crippen molar-refractivity contribution in [3.05, 3.63) is 41.2 Å². The van der Waals surface area contributed by atoms with Gasteiger partial charge in [0.1, 0.15) is 24.4 Å². The number of anilines is 1. The predicted octanol–water partition coefficient (Wildman–Crippen LogP) is 3.01. The van der Waals surface area contributed by atoms with E-state index in [1.807, 2.05) is 26.0 Å². The minimum Gasteiger partial charge on any atom is -0.465 e. The zero-order valence-corrected chi connectivity index (χ0v) is 18.6. The molecule has 0 spiro atoms. The second kappa shape index (κ2) is 10.3. The average molecular weight is 448 g/mol. The second-order valence-electron chi connectivity index (χ2n) is 7.20. The fourth-order valence-electron chi connectivity index (χ4n) is 3.29. The third-order valence-electron chi connectivity index (χ3n) is 4.83. The summed E-state index contributed by atoms with van der Waals surface area (Å²) in [7, 11) is 0. The van der Waals surface area contributed by atoms with E-state index in [0.717, 1.165) is 5.56 Å². The number of nitrogens with one attached hydrogen (secondary N) is 1. The molecule has 0 aliphatic carbocycles. The Hall–Kier alpha value is -3.07. The van der Waals surface area contributed by atoms with E-state index >= 15 is 0 Å². The number of nitrogens with zero attached hydrogens (tertiary/aromatic N) is 4. The molecule has 0 unspecified atom stereocenters. The Kier molecular flexibility index (Phi) is 7.51. The lowest BCUT2D eigenvalue weighted by molar-refractivity contribution is -0.141. The van der Waals surface area contributed by atoms with Crippen LogP contribution in [0, 0.1) is 6.92 Å². The number of carbonyl (C=O) groups is 2. The van der Waals surface area contributed by atoms with Gasteiger partial charge in [0.25, 0.3) is 0 Å². The first-order valence-electron chi connectivity index (χ1n) is 10.1. The second-order valence-corrected chi connectivity index (χ2v) is 7.61. The number of aryl methyl sites for hydroxylation is 1. The van der Waals surface area contributed by atoms with Crippen LogP contribution in [-0.2, 0) is 9.53 Å². The Morgan fingerprint density at radius 3 is 2.81 bits per heavy atom. The largest absolute Gasteiger partial charge is 0.465 e. The highest BCUT2D eigenvalue weighted by Gasteiger charge is 2.28. The van der Waals surface area contributed by atoms with Crippen molar-refractivity contribution in [1.82, 2.24) is 20.2 Å². The highest BCUT2D eigenvalue weighted by Crippen LogP contribution is 2.30. The number of hydrogen-bond acceptors (Lipinski definition) is 7. The standard InChI is InChI=1S/C21H26ClN5O4/c1-4-30-20(28)11-23-21(29)27-8-7-26(12-15(27)3)18-10-19(25-13-24-18)31-17-9-14(2)5-6-16(17)22/h5-6,9-10,13,15H,4,7-8,11-12H2,1-3H3,(H,23,29)/t15-/m1/s1. The highest BCUT2D eigenvalue weighted by molar-refractivity contribution is 6.32. The number of amides is 2. The van der Waals surface area contributed by atoms with E-state index in [4.69, 9.17) is 21.1 Å². The SMILES string of the molecule is CCOC(=O)CNC(=O)N1CCN(c2cc(Oc3cc(C)ccc3Cl)ncn2)C[C@H]1C. The number of benzene rings is 1. The van der Waals surface area contributed by atoms with E-state index in [9.17, 15) is 9.59 Å². The van der Waals surface area contributed by atoms with Crippen LogP contribution >= 0.6 is 11.6 Å². The summed E-state index contributed by atoms with van der Waals surface area (Å²) in [6.45, 7) is 7.41. The van der Waals surface area contributed by atoms with Crippen molar-refractivity contribution in [3.63, 3.8) is 0 Å². The predicted molar refractivity (Wildman–Crippen MR) is 117 cm³/mol. The third-order valence-corrected chi connectivity index (χ3v) is 5.14. The van der Waals surface area contributed by atoms with Gasteiger partial charge >= 0.3 is 12.0 Å². The molecule has 1 N–H and O–H groups in total. The van der Waals surface area contributed by atoms with Gasteiger partial charge < -0.3 is 24.6 Å². The summed E-state index contributed by atoms with van der Waals surface area (Å²) < 4.78 is 10.7. The van der Waals surface area contributed by atoms with Gasteiger partial charge in [-0.05, 0) is 38.5 Å². The quantitative estimate of drug-likeness (QED) is 0.680. The van der Waals surface area contributed by atoms with E-state index < -0.39 is 5.97 Å². The lowest BCUT2D eigenvalue weighted by Crippen LogP contribution is -2.57. The van der Waals surface area contributed by atoms with Gasteiger partial charge in [-0.3, -0.25) is 4.79 Å². The van der Waals surface area contributed by atoms with Gasteiger partial charge in [0.2, 0.25) is 5.88 Å². The number of aromatic nitrogens is 2. The molecule has 10 heteroatoms. The molecule has 0 bridgehead atoms.